The first-order chi connectivity index (χ1) is 17.1. The van der Waals surface area contributed by atoms with Gasteiger partial charge in [-0.1, -0.05) is 61.5 Å². The van der Waals surface area contributed by atoms with Crippen molar-refractivity contribution in [1.29, 1.82) is 0 Å². The predicted octanol–water partition coefficient (Wildman–Crippen LogP) is 7.79. The number of pyridine rings is 1. The summed E-state index contributed by atoms with van der Waals surface area (Å²) in [4.78, 5) is 20.6. The molecule has 2 aromatic carbocycles. The van der Waals surface area contributed by atoms with Crippen LogP contribution in [-0.2, 0) is 6.42 Å². The number of rotatable bonds is 8. The standard InChI is InChI=1S/C29H25N3OS2/c1-3-9-23-15-18-26(34-23)25(33)17-16-24-20(2)31-32(22-12-5-4-6-13-22)29(24)35-27-14-7-10-21-11-8-19-30-28(21)27/h4-8,10-19H,3,9H2,1-2H3/b17-16+. The number of aryl methyl sites for hydroxylation is 2. The molecular formula is C29H25N3OS2. The van der Waals surface area contributed by atoms with Crippen molar-refractivity contribution in [2.45, 2.75) is 36.6 Å². The number of carbonyl (C=O) groups is 1. The molecule has 0 saturated heterocycles. The molecule has 0 N–H and O–H groups in total. The molecule has 5 aromatic rings. The molecule has 0 atom stereocenters. The van der Waals surface area contributed by atoms with Crippen molar-refractivity contribution in [2.75, 3.05) is 0 Å². The number of aromatic nitrogens is 3. The number of hydrogen-bond donors (Lipinski definition) is 0. The quantitative estimate of drug-likeness (QED) is 0.163. The van der Waals surface area contributed by atoms with Crippen molar-refractivity contribution in [3.05, 3.63) is 106 Å². The molecule has 0 aliphatic rings. The Morgan fingerprint density at radius 1 is 1.03 bits per heavy atom. The van der Waals surface area contributed by atoms with E-state index in [-0.39, 0.29) is 5.78 Å². The summed E-state index contributed by atoms with van der Waals surface area (Å²) in [7, 11) is 0. The van der Waals surface area contributed by atoms with Crippen molar-refractivity contribution in [1.82, 2.24) is 14.8 Å². The minimum absolute atomic E-state index is 0.0204. The molecule has 0 fully saturated rings. The average molecular weight is 496 g/mol. The Morgan fingerprint density at radius 2 is 1.86 bits per heavy atom. The number of carbonyl (C=O) groups excluding carboxylic acids is 1. The molecule has 6 heteroatoms. The van der Waals surface area contributed by atoms with Crippen LogP contribution < -0.4 is 0 Å². The summed E-state index contributed by atoms with van der Waals surface area (Å²) in [5, 5.41) is 6.89. The maximum absolute atomic E-state index is 12.9. The summed E-state index contributed by atoms with van der Waals surface area (Å²) in [5.41, 5.74) is 3.73. The summed E-state index contributed by atoms with van der Waals surface area (Å²) in [6, 6.07) is 24.3. The van der Waals surface area contributed by atoms with Gasteiger partial charge in [0.2, 0.25) is 0 Å². The molecule has 3 aromatic heterocycles. The molecule has 0 spiro atoms. The number of ketones is 1. The van der Waals surface area contributed by atoms with E-state index >= 15 is 0 Å². The van der Waals surface area contributed by atoms with Crippen LogP contribution in [0.5, 0.6) is 0 Å². The van der Waals surface area contributed by atoms with Gasteiger partial charge in [-0.2, -0.15) is 5.10 Å². The van der Waals surface area contributed by atoms with Crippen molar-refractivity contribution >= 4 is 45.9 Å². The Morgan fingerprint density at radius 3 is 2.69 bits per heavy atom. The third-order valence-corrected chi connectivity index (χ3v) is 7.96. The molecule has 0 aliphatic heterocycles. The lowest BCUT2D eigenvalue weighted by molar-refractivity contribution is 0.105. The van der Waals surface area contributed by atoms with Gasteiger partial charge in [0.1, 0.15) is 5.03 Å². The van der Waals surface area contributed by atoms with Gasteiger partial charge in [0.25, 0.3) is 0 Å². The van der Waals surface area contributed by atoms with E-state index in [4.69, 9.17) is 5.10 Å². The van der Waals surface area contributed by atoms with E-state index in [2.05, 4.69) is 36.2 Å². The number of thiophene rings is 1. The Balaban J connectivity index is 1.56. The molecule has 0 radical (unpaired) electrons. The highest BCUT2D eigenvalue weighted by Gasteiger charge is 2.18. The highest BCUT2D eigenvalue weighted by Crippen LogP contribution is 2.37. The van der Waals surface area contributed by atoms with Crippen LogP contribution in [0.1, 0.15) is 39.2 Å². The summed E-state index contributed by atoms with van der Waals surface area (Å²) in [6.45, 7) is 4.14. The number of allylic oxidation sites excluding steroid dienone is 1. The normalized spacial score (nSPS) is 11.5. The van der Waals surface area contributed by atoms with Crippen molar-refractivity contribution in [3.8, 4) is 5.69 Å². The molecule has 0 bridgehead atoms. The smallest absolute Gasteiger partial charge is 0.195 e. The van der Waals surface area contributed by atoms with E-state index in [9.17, 15) is 4.79 Å². The van der Waals surface area contributed by atoms with E-state index in [1.165, 1.54) is 4.88 Å². The lowest BCUT2D eigenvalue weighted by Crippen LogP contribution is -1.98. The number of hydrogen-bond acceptors (Lipinski definition) is 5. The van der Waals surface area contributed by atoms with Gasteiger partial charge in [-0.25, -0.2) is 4.68 Å². The fourth-order valence-corrected chi connectivity index (χ4v) is 6.16. The second-order valence-corrected chi connectivity index (χ2v) is 10.4. The topological polar surface area (TPSA) is 47.8 Å². The number of para-hydroxylation sites is 2. The minimum Gasteiger partial charge on any atom is -0.288 e. The van der Waals surface area contributed by atoms with Crippen LogP contribution in [0.2, 0.25) is 0 Å². The van der Waals surface area contributed by atoms with Gasteiger partial charge < -0.3 is 0 Å². The van der Waals surface area contributed by atoms with Gasteiger partial charge >= 0.3 is 0 Å². The zero-order valence-electron chi connectivity index (χ0n) is 19.6. The lowest BCUT2D eigenvalue weighted by Gasteiger charge is -2.10. The van der Waals surface area contributed by atoms with E-state index in [0.29, 0.717) is 0 Å². The Bertz CT molecular complexity index is 1510. The van der Waals surface area contributed by atoms with E-state index < -0.39 is 0 Å². The van der Waals surface area contributed by atoms with Crippen LogP contribution in [0.4, 0.5) is 0 Å². The van der Waals surface area contributed by atoms with Gasteiger partial charge in [-0.05, 0) is 61.9 Å². The van der Waals surface area contributed by atoms with Crippen LogP contribution in [0.15, 0.2) is 95.0 Å². The minimum atomic E-state index is 0.0204. The predicted molar refractivity (Wildman–Crippen MR) is 146 cm³/mol. The first-order valence-corrected chi connectivity index (χ1v) is 13.2. The molecule has 0 amide bonds. The van der Waals surface area contributed by atoms with Gasteiger partial charge in [0.05, 0.1) is 21.8 Å². The Hall–Kier alpha value is -3.48. The third kappa shape index (κ3) is 4.99. The molecule has 0 unspecified atom stereocenters. The van der Waals surface area contributed by atoms with Gasteiger partial charge in [-0.3, -0.25) is 9.78 Å². The summed E-state index contributed by atoms with van der Waals surface area (Å²) >= 11 is 3.20. The molecule has 5 rings (SSSR count). The number of nitrogens with zero attached hydrogens (tertiary/aromatic N) is 3. The van der Waals surface area contributed by atoms with E-state index in [1.807, 2.05) is 72.4 Å². The second kappa shape index (κ2) is 10.4. The molecule has 4 nitrogen and oxygen atoms in total. The number of benzene rings is 2. The number of fused-ring (bicyclic) bond motifs is 1. The summed E-state index contributed by atoms with van der Waals surface area (Å²) in [6.07, 6.45) is 7.48. The monoisotopic (exact) mass is 495 g/mol. The van der Waals surface area contributed by atoms with Gasteiger partial charge in [0.15, 0.2) is 5.78 Å². The highest BCUT2D eigenvalue weighted by molar-refractivity contribution is 7.99. The van der Waals surface area contributed by atoms with Crippen molar-refractivity contribution in [3.63, 3.8) is 0 Å². The summed E-state index contributed by atoms with van der Waals surface area (Å²) < 4.78 is 1.95. The average Bonchev–Trinajstić information content (AvgIpc) is 3.48. The van der Waals surface area contributed by atoms with Crippen LogP contribution in [0.3, 0.4) is 0 Å². The second-order valence-electron chi connectivity index (χ2n) is 8.20. The van der Waals surface area contributed by atoms with Crippen LogP contribution in [0, 0.1) is 6.92 Å². The molecule has 3 heterocycles. The van der Waals surface area contributed by atoms with Crippen LogP contribution in [-0.4, -0.2) is 20.5 Å². The molecule has 174 valence electrons. The molecule has 35 heavy (non-hydrogen) atoms. The molecule has 0 saturated carbocycles. The fourth-order valence-electron chi connectivity index (χ4n) is 3.95. The first-order valence-electron chi connectivity index (χ1n) is 11.6. The fraction of sp³-hybridized carbons (Fsp3) is 0.138. The van der Waals surface area contributed by atoms with Crippen molar-refractivity contribution < 1.29 is 4.79 Å². The van der Waals surface area contributed by atoms with Crippen molar-refractivity contribution in [2.24, 2.45) is 0 Å². The first kappa shape index (κ1) is 23.3. The summed E-state index contributed by atoms with van der Waals surface area (Å²) in [5.74, 6) is 0.0204. The van der Waals surface area contributed by atoms with Gasteiger partial charge in [-0.15, -0.1) is 11.3 Å². The zero-order chi connectivity index (χ0) is 24.2. The largest absolute Gasteiger partial charge is 0.288 e. The SMILES string of the molecule is CCCc1ccc(C(=O)/C=C/c2c(C)nn(-c3ccccc3)c2Sc2cccc3cccnc23)s1. The lowest BCUT2D eigenvalue weighted by atomic mass is 10.2. The van der Waals surface area contributed by atoms with Crippen LogP contribution >= 0.6 is 23.1 Å². The molecule has 0 aliphatic carbocycles. The van der Waals surface area contributed by atoms with Gasteiger partial charge in [0, 0.05) is 26.9 Å². The Kier molecular flexibility index (Phi) is 6.93. The third-order valence-electron chi connectivity index (χ3n) is 5.67. The van der Waals surface area contributed by atoms with E-state index in [0.717, 1.165) is 55.5 Å². The Labute approximate surface area is 213 Å². The maximum atomic E-state index is 12.9. The van der Waals surface area contributed by atoms with E-state index in [1.54, 1.807) is 29.2 Å². The highest BCUT2D eigenvalue weighted by atomic mass is 32.2. The molecular weight excluding hydrogens is 470 g/mol. The van der Waals surface area contributed by atoms with Crippen LogP contribution in [0.25, 0.3) is 22.7 Å². The zero-order valence-corrected chi connectivity index (χ0v) is 21.3. The maximum Gasteiger partial charge on any atom is 0.195 e.